The molecule has 3 aromatic rings. The summed E-state index contributed by atoms with van der Waals surface area (Å²) in [5, 5.41) is 5.60. The van der Waals surface area contributed by atoms with Crippen LogP contribution in [-0.2, 0) is 6.42 Å². The molecule has 3 heteroatoms. The zero-order valence-corrected chi connectivity index (χ0v) is 12.8. The molecule has 0 saturated heterocycles. The van der Waals surface area contributed by atoms with Gasteiger partial charge in [-0.05, 0) is 42.1 Å². The Bertz CT molecular complexity index is 635. The minimum Gasteiger partial charge on any atom is -0.309 e. The highest BCUT2D eigenvalue weighted by Crippen LogP contribution is 2.35. The van der Waals surface area contributed by atoms with Gasteiger partial charge in [-0.15, -0.1) is 22.7 Å². The summed E-state index contributed by atoms with van der Waals surface area (Å²) < 4.78 is 2.79. The van der Waals surface area contributed by atoms with E-state index in [4.69, 9.17) is 0 Å². The Morgan fingerprint density at radius 1 is 1.11 bits per heavy atom. The Morgan fingerprint density at radius 3 is 2.53 bits per heavy atom. The lowest BCUT2D eigenvalue weighted by Gasteiger charge is -2.15. The molecule has 0 fully saturated rings. The molecule has 0 amide bonds. The van der Waals surface area contributed by atoms with E-state index in [9.17, 15) is 0 Å². The van der Waals surface area contributed by atoms with Crippen LogP contribution in [0.1, 0.15) is 29.0 Å². The number of benzene rings is 1. The molecule has 0 radical (unpaired) electrons. The number of aryl methyl sites for hydroxylation is 1. The fourth-order valence-corrected chi connectivity index (χ4v) is 4.60. The second-order valence-corrected chi connectivity index (χ2v) is 6.68. The van der Waals surface area contributed by atoms with Crippen LogP contribution in [0.15, 0.2) is 41.8 Å². The molecule has 1 N–H and O–H groups in total. The van der Waals surface area contributed by atoms with Crippen LogP contribution in [0.3, 0.4) is 0 Å². The highest BCUT2D eigenvalue weighted by atomic mass is 32.1. The first-order valence-electron chi connectivity index (χ1n) is 6.55. The fourth-order valence-electron chi connectivity index (χ4n) is 2.35. The molecule has 98 valence electrons. The summed E-state index contributed by atoms with van der Waals surface area (Å²) in [7, 11) is 2.03. The SMILES string of the molecule is CCc1ccc(C(NC)c2cc3sccc3s2)cc1. The van der Waals surface area contributed by atoms with E-state index in [0.29, 0.717) is 6.04 Å². The van der Waals surface area contributed by atoms with Crippen molar-refractivity contribution < 1.29 is 0 Å². The van der Waals surface area contributed by atoms with Gasteiger partial charge >= 0.3 is 0 Å². The van der Waals surface area contributed by atoms with Gasteiger partial charge in [0, 0.05) is 14.3 Å². The number of hydrogen-bond donors (Lipinski definition) is 1. The Balaban J connectivity index is 1.96. The van der Waals surface area contributed by atoms with Crippen molar-refractivity contribution in [1.29, 1.82) is 0 Å². The van der Waals surface area contributed by atoms with Gasteiger partial charge in [-0.3, -0.25) is 0 Å². The zero-order valence-electron chi connectivity index (χ0n) is 11.1. The van der Waals surface area contributed by atoms with Crippen molar-refractivity contribution in [2.75, 3.05) is 7.05 Å². The number of hydrogen-bond acceptors (Lipinski definition) is 3. The van der Waals surface area contributed by atoms with Crippen LogP contribution in [-0.4, -0.2) is 7.05 Å². The first kappa shape index (κ1) is 12.9. The quantitative estimate of drug-likeness (QED) is 0.724. The van der Waals surface area contributed by atoms with Crippen molar-refractivity contribution >= 4 is 32.1 Å². The first-order valence-corrected chi connectivity index (χ1v) is 8.24. The fraction of sp³-hybridized carbons (Fsp3) is 0.250. The molecule has 2 aromatic heterocycles. The van der Waals surface area contributed by atoms with Gasteiger partial charge in [0.05, 0.1) is 6.04 Å². The average molecular weight is 287 g/mol. The van der Waals surface area contributed by atoms with Crippen LogP contribution in [0.25, 0.3) is 9.40 Å². The monoisotopic (exact) mass is 287 g/mol. The number of fused-ring (bicyclic) bond motifs is 1. The second kappa shape index (κ2) is 5.45. The molecule has 0 spiro atoms. The normalized spacial score (nSPS) is 12.9. The lowest BCUT2D eigenvalue weighted by molar-refractivity contribution is 0.704. The largest absolute Gasteiger partial charge is 0.309 e. The molecule has 1 aromatic carbocycles. The van der Waals surface area contributed by atoms with Gasteiger partial charge in [0.1, 0.15) is 0 Å². The van der Waals surface area contributed by atoms with E-state index in [-0.39, 0.29) is 0 Å². The van der Waals surface area contributed by atoms with E-state index in [2.05, 4.69) is 54.0 Å². The summed E-state index contributed by atoms with van der Waals surface area (Å²) in [5.74, 6) is 0. The summed E-state index contributed by atoms with van der Waals surface area (Å²) in [6.07, 6.45) is 1.10. The highest BCUT2D eigenvalue weighted by Gasteiger charge is 2.15. The summed E-state index contributed by atoms with van der Waals surface area (Å²) in [4.78, 5) is 1.40. The van der Waals surface area contributed by atoms with Crippen molar-refractivity contribution in [3.8, 4) is 0 Å². The standard InChI is InChI=1S/C16H17NS2/c1-3-11-4-6-12(7-5-11)16(17-2)15-10-14-13(19-15)8-9-18-14/h4-10,16-17H,3H2,1-2H3. The molecular weight excluding hydrogens is 270 g/mol. The van der Waals surface area contributed by atoms with Crippen LogP contribution >= 0.6 is 22.7 Å². The van der Waals surface area contributed by atoms with Crippen LogP contribution < -0.4 is 5.32 Å². The van der Waals surface area contributed by atoms with E-state index in [1.807, 2.05) is 29.7 Å². The zero-order chi connectivity index (χ0) is 13.2. The van der Waals surface area contributed by atoms with Crippen molar-refractivity contribution in [2.45, 2.75) is 19.4 Å². The number of rotatable bonds is 4. The summed E-state index contributed by atoms with van der Waals surface area (Å²) >= 11 is 3.71. The maximum absolute atomic E-state index is 3.44. The molecule has 0 aliphatic rings. The minimum absolute atomic E-state index is 0.301. The van der Waals surface area contributed by atoms with E-state index in [0.717, 1.165) is 6.42 Å². The van der Waals surface area contributed by atoms with Crippen LogP contribution in [0.4, 0.5) is 0 Å². The van der Waals surface area contributed by atoms with Crippen molar-refractivity contribution in [2.24, 2.45) is 0 Å². The van der Waals surface area contributed by atoms with Crippen LogP contribution in [0.5, 0.6) is 0 Å². The highest BCUT2D eigenvalue weighted by molar-refractivity contribution is 7.27. The van der Waals surface area contributed by atoms with Gasteiger partial charge in [-0.1, -0.05) is 31.2 Å². The Kier molecular flexibility index (Phi) is 3.69. The molecule has 0 aliphatic carbocycles. The lowest BCUT2D eigenvalue weighted by atomic mass is 10.0. The number of nitrogens with one attached hydrogen (secondary N) is 1. The maximum atomic E-state index is 3.44. The summed E-state index contributed by atoms with van der Waals surface area (Å²) in [6.45, 7) is 2.19. The predicted octanol–water partition coefficient (Wildman–Crippen LogP) is 4.83. The third kappa shape index (κ3) is 2.46. The maximum Gasteiger partial charge on any atom is 0.0669 e. The molecule has 2 heterocycles. The number of thiophene rings is 2. The third-order valence-electron chi connectivity index (χ3n) is 3.45. The molecule has 1 atom stereocenters. The summed E-state index contributed by atoms with van der Waals surface area (Å²) in [5.41, 5.74) is 2.74. The molecule has 3 rings (SSSR count). The van der Waals surface area contributed by atoms with Crippen LogP contribution in [0.2, 0.25) is 0 Å². The molecule has 1 nitrogen and oxygen atoms in total. The van der Waals surface area contributed by atoms with Crippen LogP contribution in [0, 0.1) is 0 Å². The molecule has 0 bridgehead atoms. The Morgan fingerprint density at radius 2 is 1.89 bits per heavy atom. The predicted molar refractivity (Wildman–Crippen MR) is 86.4 cm³/mol. The Labute approximate surface area is 121 Å². The minimum atomic E-state index is 0.301. The Hall–Kier alpha value is -1.16. The van der Waals surface area contributed by atoms with Gasteiger partial charge in [-0.2, -0.15) is 0 Å². The molecule has 1 unspecified atom stereocenters. The summed E-state index contributed by atoms with van der Waals surface area (Å²) in [6, 6.07) is 13.8. The average Bonchev–Trinajstić information content (AvgIpc) is 3.02. The van der Waals surface area contributed by atoms with Gasteiger partial charge in [0.15, 0.2) is 0 Å². The molecular formula is C16H17NS2. The van der Waals surface area contributed by atoms with Crippen molar-refractivity contribution in [1.82, 2.24) is 5.32 Å². The molecule has 0 aliphatic heterocycles. The molecule has 0 saturated carbocycles. The van der Waals surface area contributed by atoms with Gasteiger partial charge in [-0.25, -0.2) is 0 Å². The van der Waals surface area contributed by atoms with E-state index >= 15 is 0 Å². The smallest absolute Gasteiger partial charge is 0.0669 e. The van der Waals surface area contributed by atoms with Gasteiger partial charge < -0.3 is 5.32 Å². The third-order valence-corrected chi connectivity index (χ3v) is 5.61. The van der Waals surface area contributed by atoms with E-state index in [1.165, 1.54) is 25.4 Å². The van der Waals surface area contributed by atoms with Gasteiger partial charge in [0.25, 0.3) is 0 Å². The van der Waals surface area contributed by atoms with Crippen molar-refractivity contribution in [3.05, 3.63) is 57.8 Å². The van der Waals surface area contributed by atoms with Gasteiger partial charge in [0.2, 0.25) is 0 Å². The van der Waals surface area contributed by atoms with E-state index in [1.54, 1.807) is 0 Å². The van der Waals surface area contributed by atoms with E-state index < -0.39 is 0 Å². The lowest BCUT2D eigenvalue weighted by Crippen LogP contribution is -2.16. The van der Waals surface area contributed by atoms with Crippen molar-refractivity contribution in [3.63, 3.8) is 0 Å². The molecule has 19 heavy (non-hydrogen) atoms. The first-order chi connectivity index (χ1) is 9.31. The topological polar surface area (TPSA) is 12.0 Å². The second-order valence-electron chi connectivity index (χ2n) is 4.61.